The molecule has 0 aromatic carbocycles. The summed E-state index contributed by atoms with van der Waals surface area (Å²) >= 11 is 0. The molecule has 8 heteroatoms. The Kier molecular flexibility index (Phi) is 5.95. The number of ether oxygens (including phenoxy) is 1. The third-order valence-electron chi connectivity index (χ3n) is 3.82. The molecule has 1 atom stereocenters. The van der Waals surface area contributed by atoms with Crippen molar-refractivity contribution in [3.63, 3.8) is 0 Å². The van der Waals surface area contributed by atoms with Crippen LogP contribution in [0.5, 0.6) is 0 Å². The number of hydrogen-bond donors (Lipinski definition) is 2. The van der Waals surface area contributed by atoms with E-state index in [0.717, 1.165) is 10.6 Å². The van der Waals surface area contributed by atoms with Gasteiger partial charge in [0.1, 0.15) is 0 Å². The molecule has 0 aliphatic carbocycles. The summed E-state index contributed by atoms with van der Waals surface area (Å²) in [5.41, 5.74) is 0.639. The number of morpholine rings is 1. The molecule has 1 aliphatic rings. The molecule has 0 bridgehead atoms. The van der Waals surface area contributed by atoms with Gasteiger partial charge in [-0.25, -0.2) is 0 Å². The van der Waals surface area contributed by atoms with Crippen molar-refractivity contribution in [3.8, 4) is 0 Å². The SMILES string of the molecule is C[NH+](CC(=O)Nc1cc(C(C)(C)C)no1)CC(=O)N1CCOCC1. The number of nitrogens with one attached hydrogen (secondary N) is 2. The first-order valence-corrected chi connectivity index (χ1v) is 8.19. The summed E-state index contributed by atoms with van der Waals surface area (Å²) in [4.78, 5) is 26.8. The van der Waals surface area contributed by atoms with Gasteiger partial charge in [-0.15, -0.1) is 0 Å². The van der Waals surface area contributed by atoms with E-state index in [2.05, 4.69) is 10.5 Å². The van der Waals surface area contributed by atoms with Gasteiger partial charge in [0.2, 0.25) is 5.88 Å². The number of likely N-dealkylation sites (N-methyl/N-ethyl adjacent to an activating group) is 1. The van der Waals surface area contributed by atoms with E-state index in [4.69, 9.17) is 9.26 Å². The lowest BCUT2D eigenvalue weighted by molar-refractivity contribution is -0.862. The van der Waals surface area contributed by atoms with Crippen LogP contribution in [-0.2, 0) is 19.7 Å². The minimum absolute atomic E-state index is 0.0401. The quantitative estimate of drug-likeness (QED) is 0.739. The molecule has 0 spiro atoms. The second kappa shape index (κ2) is 7.76. The molecule has 2 amide bonds. The summed E-state index contributed by atoms with van der Waals surface area (Å²) in [7, 11) is 1.82. The zero-order chi connectivity index (χ0) is 17.7. The number of quaternary nitrogens is 1. The number of anilines is 1. The van der Waals surface area contributed by atoms with Crippen molar-refractivity contribution in [3.05, 3.63) is 11.8 Å². The van der Waals surface area contributed by atoms with E-state index >= 15 is 0 Å². The average Bonchev–Trinajstić information content (AvgIpc) is 2.96. The van der Waals surface area contributed by atoms with Crippen LogP contribution < -0.4 is 10.2 Å². The van der Waals surface area contributed by atoms with Crippen LogP contribution in [0.25, 0.3) is 0 Å². The van der Waals surface area contributed by atoms with Crippen LogP contribution in [0, 0.1) is 0 Å². The molecular formula is C16H27N4O4+. The average molecular weight is 339 g/mol. The first kappa shape index (κ1) is 18.4. The Morgan fingerprint density at radius 1 is 1.29 bits per heavy atom. The van der Waals surface area contributed by atoms with Gasteiger partial charge in [0, 0.05) is 24.6 Å². The van der Waals surface area contributed by atoms with Crippen molar-refractivity contribution < 1.29 is 23.7 Å². The maximum absolute atomic E-state index is 12.2. The number of amides is 2. The number of carbonyl (C=O) groups is 2. The zero-order valence-corrected chi connectivity index (χ0v) is 14.8. The highest BCUT2D eigenvalue weighted by atomic mass is 16.5. The lowest BCUT2D eigenvalue weighted by atomic mass is 9.92. The van der Waals surface area contributed by atoms with Gasteiger partial charge >= 0.3 is 0 Å². The third-order valence-corrected chi connectivity index (χ3v) is 3.82. The van der Waals surface area contributed by atoms with Crippen molar-refractivity contribution in [1.82, 2.24) is 10.1 Å². The second-order valence-corrected chi connectivity index (χ2v) is 7.18. The molecule has 2 rings (SSSR count). The molecule has 1 unspecified atom stereocenters. The number of aromatic nitrogens is 1. The molecule has 1 saturated heterocycles. The normalized spacial score (nSPS) is 16.8. The molecule has 1 fully saturated rings. The molecule has 24 heavy (non-hydrogen) atoms. The molecule has 0 radical (unpaired) electrons. The van der Waals surface area contributed by atoms with E-state index in [-0.39, 0.29) is 30.3 Å². The van der Waals surface area contributed by atoms with Gasteiger partial charge in [-0.2, -0.15) is 0 Å². The Labute approximate surface area is 142 Å². The standard InChI is InChI=1S/C16H26N4O4/c1-16(2,3)12-9-14(24-18-12)17-13(21)10-19(4)11-15(22)20-5-7-23-8-6-20/h9H,5-8,10-11H2,1-4H3,(H,17,21)/p+1. The Balaban J connectivity index is 1.79. The van der Waals surface area contributed by atoms with E-state index in [9.17, 15) is 9.59 Å². The lowest BCUT2D eigenvalue weighted by Crippen LogP contribution is -3.11. The van der Waals surface area contributed by atoms with Gasteiger partial charge in [0.15, 0.2) is 13.1 Å². The Bertz CT molecular complexity index is 573. The van der Waals surface area contributed by atoms with Crippen LogP contribution in [-0.4, -0.2) is 68.3 Å². The first-order chi connectivity index (χ1) is 11.3. The van der Waals surface area contributed by atoms with Crippen LogP contribution in [0.15, 0.2) is 10.6 Å². The van der Waals surface area contributed by atoms with E-state index in [0.29, 0.717) is 32.2 Å². The molecule has 8 nitrogen and oxygen atoms in total. The maximum atomic E-state index is 12.2. The van der Waals surface area contributed by atoms with Gasteiger partial charge in [0.05, 0.1) is 26.0 Å². The van der Waals surface area contributed by atoms with Crippen molar-refractivity contribution in [2.24, 2.45) is 0 Å². The van der Waals surface area contributed by atoms with Crippen LogP contribution in [0.3, 0.4) is 0 Å². The van der Waals surface area contributed by atoms with Crippen molar-refractivity contribution in [2.45, 2.75) is 26.2 Å². The summed E-state index contributed by atoms with van der Waals surface area (Å²) in [5, 5.41) is 6.64. The fraction of sp³-hybridized carbons (Fsp3) is 0.688. The van der Waals surface area contributed by atoms with Gasteiger partial charge in [-0.05, 0) is 0 Å². The molecule has 2 N–H and O–H groups in total. The van der Waals surface area contributed by atoms with Crippen LogP contribution in [0.1, 0.15) is 26.5 Å². The molecule has 1 aromatic rings. The molecule has 0 saturated carbocycles. The van der Waals surface area contributed by atoms with Crippen molar-refractivity contribution in [2.75, 3.05) is 51.8 Å². The fourth-order valence-corrected chi connectivity index (χ4v) is 2.39. The van der Waals surface area contributed by atoms with Gasteiger partial charge in [0.25, 0.3) is 11.8 Å². The van der Waals surface area contributed by atoms with Crippen LogP contribution in [0.4, 0.5) is 5.88 Å². The smallest absolute Gasteiger partial charge is 0.281 e. The predicted octanol–water partition coefficient (Wildman–Crippen LogP) is -0.716. The first-order valence-electron chi connectivity index (χ1n) is 8.19. The highest BCUT2D eigenvalue weighted by Crippen LogP contribution is 2.23. The van der Waals surface area contributed by atoms with Crippen LogP contribution in [0.2, 0.25) is 0 Å². The molecule has 134 valence electrons. The monoisotopic (exact) mass is 339 g/mol. The summed E-state index contributed by atoms with van der Waals surface area (Å²) in [6.07, 6.45) is 0. The fourth-order valence-electron chi connectivity index (χ4n) is 2.39. The van der Waals surface area contributed by atoms with Crippen molar-refractivity contribution >= 4 is 17.7 Å². The summed E-state index contributed by atoms with van der Waals surface area (Å²) in [6.45, 7) is 8.90. The van der Waals surface area contributed by atoms with E-state index < -0.39 is 0 Å². The number of nitrogens with zero attached hydrogens (tertiary/aromatic N) is 2. The second-order valence-electron chi connectivity index (χ2n) is 7.18. The minimum Gasteiger partial charge on any atom is -0.378 e. The third kappa shape index (κ3) is 5.31. The van der Waals surface area contributed by atoms with E-state index in [1.807, 2.05) is 27.8 Å². The molecule has 1 aromatic heterocycles. The lowest BCUT2D eigenvalue weighted by Gasteiger charge is -2.27. The maximum Gasteiger partial charge on any atom is 0.281 e. The Hall–Kier alpha value is -1.93. The van der Waals surface area contributed by atoms with Gasteiger partial charge < -0.3 is 19.1 Å². The Morgan fingerprint density at radius 2 is 1.96 bits per heavy atom. The number of hydrogen-bond acceptors (Lipinski definition) is 5. The molecule has 1 aliphatic heterocycles. The van der Waals surface area contributed by atoms with E-state index in [1.165, 1.54) is 0 Å². The molecule has 2 heterocycles. The largest absolute Gasteiger partial charge is 0.378 e. The summed E-state index contributed by atoms with van der Waals surface area (Å²) in [6, 6.07) is 1.73. The van der Waals surface area contributed by atoms with Gasteiger partial charge in [-0.3, -0.25) is 14.9 Å². The number of rotatable bonds is 5. The predicted molar refractivity (Wildman–Crippen MR) is 87.9 cm³/mol. The van der Waals surface area contributed by atoms with Crippen LogP contribution >= 0.6 is 0 Å². The highest BCUT2D eigenvalue weighted by molar-refractivity contribution is 5.90. The summed E-state index contributed by atoms with van der Waals surface area (Å²) < 4.78 is 10.4. The zero-order valence-electron chi connectivity index (χ0n) is 14.8. The Morgan fingerprint density at radius 3 is 2.54 bits per heavy atom. The van der Waals surface area contributed by atoms with Gasteiger partial charge in [-0.1, -0.05) is 25.9 Å². The minimum atomic E-state index is -0.209. The van der Waals surface area contributed by atoms with E-state index in [1.54, 1.807) is 11.0 Å². The summed E-state index contributed by atoms with van der Waals surface area (Å²) in [5.74, 6) is 0.161. The molecular weight excluding hydrogens is 312 g/mol. The number of carbonyl (C=O) groups excluding carboxylic acids is 2. The van der Waals surface area contributed by atoms with Crippen molar-refractivity contribution in [1.29, 1.82) is 0 Å². The topological polar surface area (TPSA) is 89.1 Å². The highest BCUT2D eigenvalue weighted by Gasteiger charge is 2.23.